The molecule has 1 rings (SSSR count). The molecule has 1 saturated heterocycles. The summed E-state index contributed by atoms with van der Waals surface area (Å²) in [5.41, 5.74) is 0. The maximum absolute atomic E-state index is 2.28. The average molecular weight is 134 g/mol. The lowest BCUT2D eigenvalue weighted by Crippen LogP contribution is -2.14. The first-order valence-electron chi connectivity index (χ1n) is 2.54. The van der Waals surface area contributed by atoms with E-state index in [9.17, 15) is 0 Å². The largest absolute Gasteiger partial charge is 0.136 e. The van der Waals surface area contributed by atoms with Crippen LogP contribution in [0, 0.1) is 5.92 Å². The van der Waals surface area contributed by atoms with Crippen molar-refractivity contribution in [2.75, 3.05) is 5.08 Å². The monoisotopic (exact) mass is 134 g/mol. The minimum atomic E-state index is 0.878. The Balaban J connectivity index is 2.14. The van der Waals surface area contributed by atoms with Gasteiger partial charge in [0.15, 0.2) is 0 Å². The normalized spacial score (nSPS) is 22.7. The lowest BCUT2D eigenvalue weighted by molar-refractivity contribution is 0.718. The average Bonchev–Trinajstić information content (AvgIpc) is 1.23. The minimum Gasteiger partial charge on any atom is -0.136 e. The molecule has 0 amide bonds. The Labute approximate surface area is 53.4 Å². The van der Waals surface area contributed by atoms with Gasteiger partial charge in [-0.2, -0.15) is 0 Å². The van der Waals surface area contributed by atoms with Gasteiger partial charge in [0.05, 0.1) is 4.58 Å². The fourth-order valence-electron chi connectivity index (χ4n) is 0.532. The Morgan fingerprint density at radius 3 is 2.00 bits per heavy atom. The smallest absolute Gasteiger partial charge is 0.0541 e. The second-order valence-corrected chi connectivity index (χ2v) is 4.99. The quantitative estimate of drug-likeness (QED) is 0.540. The van der Waals surface area contributed by atoms with Crippen LogP contribution in [0.2, 0.25) is 0 Å². The van der Waals surface area contributed by atoms with E-state index in [1.807, 2.05) is 0 Å². The van der Waals surface area contributed by atoms with Crippen LogP contribution in [0.25, 0.3) is 0 Å². The molecule has 1 aliphatic rings. The van der Waals surface area contributed by atoms with Gasteiger partial charge in [-0.25, -0.2) is 0 Å². The van der Waals surface area contributed by atoms with Gasteiger partial charge in [-0.15, -0.1) is 23.5 Å². The van der Waals surface area contributed by atoms with Crippen molar-refractivity contribution in [3.63, 3.8) is 0 Å². The van der Waals surface area contributed by atoms with Crippen molar-refractivity contribution in [3.05, 3.63) is 0 Å². The van der Waals surface area contributed by atoms with Crippen molar-refractivity contribution in [1.82, 2.24) is 0 Å². The second-order valence-electron chi connectivity index (χ2n) is 2.06. The van der Waals surface area contributed by atoms with Crippen LogP contribution in [0.1, 0.15) is 13.8 Å². The summed E-state index contributed by atoms with van der Waals surface area (Å²) in [4.78, 5) is 0. The van der Waals surface area contributed by atoms with Gasteiger partial charge in [0.1, 0.15) is 0 Å². The Morgan fingerprint density at radius 1 is 1.43 bits per heavy atom. The van der Waals surface area contributed by atoms with Crippen LogP contribution in [0.4, 0.5) is 0 Å². The molecule has 1 aliphatic heterocycles. The van der Waals surface area contributed by atoms with E-state index in [0.717, 1.165) is 10.5 Å². The van der Waals surface area contributed by atoms with Gasteiger partial charge in [-0.05, 0) is 5.92 Å². The first kappa shape index (κ1) is 5.83. The highest BCUT2D eigenvalue weighted by atomic mass is 32.3. The number of thioether (sulfide) groups is 2. The third kappa shape index (κ3) is 1.29. The molecule has 1 fully saturated rings. The number of hydrogen-bond donors (Lipinski definition) is 0. The SMILES string of the molecule is CC(C)C1SCS1. The van der Waals surface area contributed by atoms with E-state index in [1.54, 1.807) is 0 Å². The van der Waals surface area contributed by atoms with Crippen LogP contribution in [0.15, 0.2) is 0 Å². The molecule has 0 saturated carbocycles. The summed E-state index contributed by atoms with van der Waals surface area (Å²) in [6.45, 7) is 4.56. The molecular weight excluding hydrogens is 124 g/mol. The number of rotatable bonds is 1. The predicted octanol–water partition coefficient (Wildman–Crippen LogP) is 2.41. The maximum atomic E-state index is 2.28. The molecule has 0 unspecified atom stereocenters. The van der Waals surface area contributed by atoms with Gasteiger partial charge in [0.2, 0.25) is 0 Å². The van der Waals surface area contributed by atoms with Gasteiger partial charge in [-0.3, -0.25) is 0 Å². The molecule has 0 aromatic carbocycles. The summed E-state index contributed by atoms with van der Waals surface area (Å²) in [6.07, 6.45) is 0. The third-order valence-electron chi connectivity index (χ3n) is 1.01. The van der Waals surface area contributed by atoms with Crippen LogP contribution < -0.4 is 0 Å². The third-order valence-corrected chi connectivity index (χ3v) is 4.66. The summed E-state index contributed by atoms with van der Waals surface area (Å²) in [5, 5.41) is 1.32. The fraction of sp³-hybridized carbons (Fsp3) is 1.00. The molecule has 0 N–H and O–H groups in total. The van der Waals surface area contributed by atoms with Gasteiger partial charge >= 0.3 is 0 Å². The van der Waals surface area contributed by atoms with E-state index < -0.39 is 0 Å². The zero-order valence-electron chi connectivity index (χ0n) is 4.68. The molecule has 0 nitrogen and oxygen atoms in total. The molecular formula is C5H10S2. The molecule has 0 bridgehead atoms. The van der Waals surface area contributed by atoms with Gasteiger partial charge in [0.25, 0.3) is 0 Å². The highest BCUT2D eigenvalue weighted by Crippen LogP contribution is 2.42. The molecule has 0 aromatic heterocycles. The van der Waals surface area contributed by atoms with Crippen LogP contribution in [0.3, 0.4) is 0 Å². The first-order chi connectivity index (χ1) is 3.30. The number of hydrogen-bond acceptors (Lipinski definition) is 2. The molecule has 42 valence electrons. The first-order valence-corrected chi connectivity index (χ1v) is 4.63. The summed E-state index contributed by atoms with van der Waals surface area (Å²) in [6, 6.07) is 0. The fourth-order valence-corrected chi connectivity index (χ4v) is 2.47. The van der Waals surface area contributed by atoms with E-state index >= 15 is 0 Å². The van der Waals surface area contributed by atoms with Crippen LogP contribution in [-0.2, 0) is 0 Å². The van der Waals surface area contributed by atoms with E-state index in [4.69, 9.17) is 0 Å². The van der Waals surface area contributed by atoms with Gasteiger partial charge in [0, 0.05) is 5.08 Å². The molecule has 7 heavy (non-hydrogen) atoms. The molecule has 2 heteroatoms. The highest BCUT2D eigenvalue weighted by Gasteiger charge is 2.21. The molecule has 0 radical (unpaired) electrons. The highest BCUT2D eigenvalue weighted by molar-refractivity contribution is 8.32. The van der Waals surface area contributed by atoms with E-state index in [1.165, 1.54) is 5.08 Å². The van der Waals surface area contributed by atoms with E-state index in [0.29, 0.717) is 0 Å². The molecule has 0 atom stereocenters. The maximum Gasteiger partial charge on any atom is 0.0541 e. The van der Waals surface area contributed by atoms with Gasteiger partial charge < -0.3 is 0 Å². The molecule has 0 aliphatic carbocycles. The Kier molecular flexibility index (Phi) is 1.93. The lowest BCUT2D eigenvalue weighted by Gasteiger charge is -2.27. The predicted molar refractivity (Wildman–Crippen MR) is 38.7 cm³/mol. The van der Waals surface area contributed by atoms with Gasteiger partial charge in [-0.1, -0.05) is 13.8 Å². The standard InChI is InChI=1S/C5H10S2/c1-4(2)5-6-3-7-5/h4-5H,3H2,1-2H3. The Morgan fingerprint density at radius 2 is 2.00 bits per heavy atom. The lowest BCUT2D eigenvalue weighted by atomic mass is 10.3. The van der Waals surface area contributed by atoms with Crippen LogP contribution >= 0.6 is 23.5 Å². The van der Waals surface area contributed by atoms with E-state index in [-0.39, 0.29) is 0 Å². The summed E-state index contributed by atoms with van der Waals surface area (Å²) >= 11 is 4.15. The van der Waals surface area contributed by atoms with Crippen molar-refractivity contribution in [3.8, 4) is 0 Å². The van der Waals surface area contributed by atoms with Crippen molar-refractivity contribution in [1.29, 1.82) is 0 Å². The zero-order chi connectivity index (χ0) is 5.28. The zero-order valence-corrected chi connectivity index (χ0v) is 6.31. The van der Waals surface area contributed by atoms with Crippen molar-refractivity contribution < 1.29 is 0 Å². The van der Waals surface area contributed by atoms with Crippen LogP contribution in [0.5, 0.6) is 0 Å². The molecule has 0 aromatic rings. The summed E-state index contributed by atoms with van der Waals surface area (Å²) in [5.74, 6) is 0.878. The molecule has 0 spiro atoms. The second kappa shape index (κ2) is 2.31. The summed E-state index contributed by atoms with van der Waals surface area (Å²) < 4.78 is 0.917. The topological polar surface area (TPSA) is 0 Å². The molecule has 1 heterocycles. The van der Waals surface area contributed by atoms with Crippen molar-refractivity contribution in [2.24, 2.45) is 5.92 Å². The summed E-state index contributed by atoms with van der Waals surface area (Å²) in [7, 11) is 0. The van der Waals surface area contributed by atoms with Crippen molar-refractivity contribution >= 4 is 23.5 Å². The Hall–Kier alpha value is 0.700. The van der Waals surface area contributed by atoms with Crippen molar-refractivity contribution in [2.45, 2.75) is 18.4 Å². The Bertz CT molecular complexity index is 57.1. The minimum absolute atomic E-state index is 0.878. The van der Waals surface area contributed by atoms with Crippen LogP contribution in [-0.4, -0.2) is 9.67 Å². The van der Waals surface area contributed by atoms with E-state index in [2.05, 4.69) is 37.4 Å².